The highest BCUT2D eigenvalue weighted by molar-refractivity contribution is 9.10. The molecule has 0 spiro atoms. The highest BCUT2D eigenvalue weighted by Crippen LogP contribution is 2.28. The van der Waals surface area contributed by atoms with Crippen LogP contribution in [0.1, 0.15) is 29.8 Å². The largest absolute Gasteiger partial charge is 0.451 e. The number of carbonyl (C=O) groups is 1. The molecular formula is C15H16BrNO3. The minimum atomic E-state index is -0.133. The predicted molar refractivity (Wildman–Crippen MR) is 79.7 cm³/mol. The molecule has 1 fully saturated rings. The van der Waals surface area contributed by atoms with Crippen molar-refractivity contribution in [2.24, 2.45) is 0 Å². The lowest BCUT2D eigenvalue weighted by Crippen LogP contribution is -2.45. The van der Waals surface area contributed by atoms with Crippen LogP contribution in [0.4, 0.5) is 0 Å². The summed E-state index contributed by atoms with van der Waals surface area (Å²) < 4.78 is 6.57. The Hall–Kier alpha value is -1.33. The van der Waals surface area contributed by atoms with Crippen molar-refractivity contribution in [2.45, 2.75) is 25.3 Å². The molecule has 4 nitrogen and oxygen atoms in total. The molecule has 0 aliphatic carbocycles. The summed E-state index contributed by atoms with van der Waals surface area (Å²) >= 11 is 3.46. The van der Waals surface area contributed by atoms with Gasteiger partial charge in [-0.25, -0.2) is 0 Å². The number of furan rings is 1. The minimum absolute atomic E-state index is 0.00959. The highest BCUT2D eigenvalue weighted by atomic mass is 79.9. The summed E-state index contributed by atoms with van der Waals surface area (Å²) in [6.45, 7) is 0.692. The summed E-state index contributed by atoms with van der Waals surface area (Å²) in [6.07, 6.45) is 2.89. The number of likely N-dealkylation sites (tertiary alicyclic amines) is 1. The third kappa shape index (κ3) is 2.36. The van der Waals surface area contributed by atoms with Gasteiger partial charge >= 0.3 is 0 Å². The van der Waals surface area contributed by atoms with Crippen LogP contribution >= 0.6 is 15.9 Å². The number of halogens is 1. The van der Waals surface area contributed by atoms with Gasteiger partial charge in [0.05, 0.1) is 12.6 Å². The maximum Gasteiger partial charge on any atom is 0.289 e. The first-order valence-corrected chi connectivity index (χ1v) is 7.60. The van der Waals surface area contributed by atoms with E-state index in [-0.39, 0.29) is 18.6 Å². The second-order valence-electron chi connectivity index (χ2n) is 5.09. The van der Waals surface area contributed by atoms with Crippen molar-refractivity contribution in [3.63, 3.8) is 0 Å². The summed E-state index contributed by atoms with van der Waals surface area (Å²) in [6, 6.07) is 7.32. The Morgan fingerprint density at radius 1 is 1.45 bits per heavy atom. The van der Waals surface area contributed by atoms with Crippen LogP contribution in [-0.2, 0) is 0 Å². The zero-order valence-electron chi connectivity index (χ0n) is 11.0. The van der Waals surface area contributed by atoms with Gasteiger partial charge in [-0.2, -0.15) is 0 Å². The second-order valence-corrected chi connectivity index (χ2v) is 5.95. The van der Waals surface area contributed by atoms with Crippen LogP contribution in [0.3, 0.4) is 0 Å². The fourth-order valence-electron chi connectivity index (χ4n) is 2.73. The number of fused-ring (bicyclic) bond motifs is 1. The van der Waals surface area contributed by atoms with Crippen LogP contribution < -0.4 is 0 Å². The van der Waals surface area contributed by atoms with Gasteiger partial charge in [0, 0.05) is 16.4 Å². The number of nitrogens with zero attached hydrogens (tertiary/aromatic N) is 1. The van der Waals surface area contributed by atoms with Crippen molar-refractivity contribution in [1.82, 2.24) is 4.90 Å². The van der Waals surface area contributed by atoms with E-state index in [1.54, 1.807) is 11.0 Å². The minimum Gasteiger partial charge on any atom is -0.451 e. The lowest BCUT2D eigenvalue weighted by atomic mass is 10.0. The molecule has 1 aliphatic heterocycles. The third-order valence-corrected chi connectivity index (χ3v) is 4.51. The van der Waals surface area contributed by atoms with Gasteiger partial charge in [0.25, 0.3) is 5.91 Å². The Balaban J connectivity index is 1.93. The molecule has 1 aromatic heterocycles. The molecule has 1 N–H and O–H groups in total. The fourth-order valence-corrected chi connectivity index (χ4v) is 3.19. The van der Waals surface area contributed by atoms with Crippen LogP contribution in [0.5, 0.6) is 0 Å². The van der Waals surface area contributed by atoms with Gasteiger partial charge in [0.1, 0.15) is 5.58 Å². The molecule has 1 atom stereocenters. The first-order valence-electron chi connectivity index (χ1n) is 6.80. The predicted octanol–water partition coefficient (Wildman–Crippen LogP) is 3.18. The van der Waals surface area contributed by atoms with Gasteiger partial charge in [-0.15, -0.1) is 0 Å². The number of aliphatic hydroxyl groups excluding tert-OH is 1. The number of aliphatic hydroxyl groups is 1. The van der Waals surface area contributed by atoms with Gasteiger partial charge in [-0.05, 0) is 37.5 Å². The lowest BCUT2D eigenvalue weighted by Gasteiger charge is -2.33. The Bertz CT molecular complexity index is 637. The fraction of sp³-hybridized carbons (Fsp3) is 0.400. The first kappa shape index (κ1) is 13.6. The molecule has 0 bridgehead atoms. The molecule has 0 radical (unpaired) electrons. The smallest absolute Gasteiger partial charge is 0.289 e. The molecule has 106 valence electrons. The molecule has 1 aromatic carbocycles. The number of amides is 1. The first-order chi connectivity index (χ1) is 9.70. The molecule has 1 unspecified atom stereocenters. The monoisotopic (exact) mass is 337 g/mol. The van der Waals surface area contributed by atoms with Crippen LogP contribution in [0, 0.1) is 0 Å². The molecule has 20 heavy (non-hydrogen) atoms. The molecule has 5 heteroatoms. The van der Waals surface area contributed by atoms with E-state index >= 15 is 0 Å². The molecule has 1 saturated heterocycles. The summed E-state index contributed by atoms with van der Waals surface area (Å²) in [5, 5.41) is 10.3. The zero-order chi connectivity index (χ0) is 14.1. The van der Waals surface area contributed by atoms with E-state index < -0.39 is 0 Å². The van der Waals surface area contributed by atoms with Gasteiger partial charge in [0.2, 0.25) is 0 Å². The number of carbonyl (C=O) groups excluding carboxylic acids is 1. The Kier molecular flexibility index (Phi) is 3.81. The molecular weight excluding hydrogens is 322 g/mol. The maximum absolute atomic E-state index is 12.6. The standard InChI is InChI=1S/C15H16BrNO3/c16-12-5-3-6-13-11(12)8-14(20-13)15(19)17-7-2-1-4-10(17)9-18/h3,5-6,8,10,18H,1-2,4,7,9H2. The summed E-state index contributed by atoms with van der Waals surface area (Å²) in [7, 11) is 0. The number of hydrogen-bond acceptors (Lipinski definition) is 3. The zero-order valence-corrected chi connectivity index (χ0v) is 12.6. The number of piperidine rings is 1. The Morgan fingerprint density at radius 2 is 2.30 bits per heavy atom. The quantitative estimate of drug-likeness (QED) is 0.915. The van der Waals surface area contributed by atoms with Gasteiger partial charge in [0.15, 0.2) is 5.76 Å². The van der Waals surface area contributed by atoms with E-state index in [1.807, 2.05) is 18.2 Å². The molecule has 1 amide bonds. The van der Waals surface area contributed by atoms with E-state index in [9.17, 15) is 9.90 Å². The Labute approximate surface area is 125 Å². The number of rotatable bonds is 2. The van der Waals surface area contributed by atoms with Crippen LogP contribution in [0.25, 0.3) is 11.0 Å². The SMILES string of the molecule is O=C(c1cc2c(Br)cccc2o1)N1CCCCC1CO. The summed E-state index contributed by atoms with van der Waals surface area (Å²) in [5.41, 5.74) is 0.695. The second kappa shape index (κ2) is 5.58. The number of hydrogen-bond donors (Lipinski definition) is 1. The van der Waals surface area contributed by atoms with Gasteiger partial charge in [-0.1, -0.05) is 22.0 Å². The average Bonchev–Trinajstić information content (AvgIpc) is 2.92. The van der Waals surface area contributed by atoms with Crippen LogP contribution in [-0.4, -0.2) is 35.1 Å². The average molecular weight is 338 g/mol. The van der Waals surface area contributed by atoms with Crippen molar-refractivity contribution in [3.8, 4) is 0 Å². The van der Waals surface area contributed by atoms with Gasteiger partial charge in [-0.3, -0.25) is 4.79 Å². The molecule has 0 saturated carbocycles. The summed E-state index contributed by atoms with van der Waals surface area (Å²) in [4.78, 5) is 14.3. The third-order valence-electron chi connectivity index (χ3n) is 3.82. The lowest BCUT2D eigenvalue weighted by molar-refractivity contribution is 0.0475. The van der Waals surface area contributed by atoms with Crippen LogP contribution in [0.15, 0.2) is 33.2 Å². The summed E-state index contributed by atoms with van der Waals surface area (Å²) in [5.74, 6) is 0.208. The Morgan fingerprint density at radius 3 is 3.05 bits per heavy atom. The molecule has 1 aliphatic rings. The maximum atomic E-state index is 12.6. The number of benzene rings is 1. The molecule has 2 heterocycles. The van der Waals surface area contributed by atoms with Crippen LogP contribution in [0.2, 0.25) is 0 Å². The molecule has 2 aromatic rings. The van der Waals surface area contributed by atoms with E-state index in [2.05, 4.69) is 15.9 Å². The van der Waals surface area contributed by atoms with Crippen molar-refractivity contribution in [2.75, 3.05) is 13.2 Å². The van der Waals surface area contributed by atoms with Crippen molar-refractivity contribution < 1.29 is 14.3 Å². The highest BCUT2D eigenvalue weighted by Gasteiger charge is 2.29. The van der Waals surface area contributed by atoms with Crippen molar-refractivity contribution >= 4 is 32.8 Å². The van der Waals surface area contributed by atoms with E-state index in [0.29, 0.717) is 17.9 Å². The van der Waals surface area contributed by atoms with Gasteiger partial charge < -0.3 is 14.4 Å². The van der Waals surface area contributed by atoms with E-state index in [0.717, 1.165) is 29.1 Å². The van der Waals surface area contributed by atoms with Crippen molar-refractivity contribution in [1.29, 1.82) is 0 Å². The topological polar surface area (TPSA) is 53.7 Å². The molecule has 3 rings (SSSR count). The van der Waals surface area contributed by atoms with E-state index in [4.69, 9.17) is 4.42 Å². The normalized spacial score (nSPS) is 19.5. The van der Waals surface area contributed by atoms with E-state index in [1.165, 1.54) is 0 Å². The van der Waals surface area contributed by atoms with Crippen molar-refractivity contribution in [3.05, 3.63) is 34.5 Å².